The maximum atomic E-state index is 8.83. The lowest BCUT2D eigenvalue weighted by Gasteiger charge is -2.11. The summed E-state index contributed by atoms with van der Waals surface area (Å²) in [6, 6.07) is -0.352. The minimum atomic E-state index is -0.453. The first kappa shape index (κ1) is 9.32. The Kier molecular flexibility index (Phi) is 2.92. The van der Waals surface area contributed by atoms with E-state index >= 15 is 0 Å². The van der Waals surface area contributed by atoms with Crippen LogP contribution in [0.5, 0.6) is 0 Å². The molecule has 12 heavy (non-hydrogen) atoms. The molecule has 0 saturated carbocycles. The Morgan fingerprint density at radius 1 is 1.75 bits per heavy atom. The van der Waals surface area contributed by atoms with Gasteiger partial charge in [-0.15, -0.1) is 0 Å². The lowest BCUT2D eigenvalue weighted by atomic mass is 9.98. The third-order valence-corrected chi connectivity index (χ3v) is 2.13. The number of aliphatic hydroxyl groups excluding tert-OH is 1. The SMILES string of the molecule is [CH]C1O[C@H](CO)[C@H](N=[N+]=[N-])C1C. The minimum absolute atomic E-state index is 0.0435. The maximum Gasteiger partial charge on any atom is 0.0897 e. The van der Waals surface area contributed by atoms with Gasteiger partial charge in [0.25, 0.3) is 0 Å². The van der Waals surface area contributed by atoms with E-state index in [1.165, 1.54) is 0 Å². The van der Waals surface area contributed by atoms with Gasteiger partial charge in [-0.05, 0) is 18.4 Å². The maximum absolute atomic E-state index is 8.83. The van der Waals surface area contributed by atoms with Crippen molar-refractivity contribution in [2.45, 2.75) is 25.2 Å². The highest BCUT2D eigenvalue weighted by Crippen LogP contribution is 2.28. The molecule has 5 heteroatoms. The summed E-state index contributed by atoms with van der Waals surface area (Å²) in [6.45, 7) is 7.22. The highest BCUT2D eigenvalue weighted by Gasteiger charge is 2.38. The Hall–Kier alpha value is -0.770. The highest BCUT2D eigenvalue weighted by molar-refractivity contribution is 4.93. The fourth-order valence-corrected chi connectivity index (χ4v) is 1.33. The van der Waals surface area contributed by atoms with E-state index in [0.717, 1.165) is 0 Å². The van der Waals surface area contributed by atoms with Gasteiger partial charge in [-0.2, -0.15) is 0 Å². The second-order valence-corrected chi connectivity index (χ2v) is 2.88. The molecule has 0 amide bonds. The van der Waals surface area contributed by atoms with Gasteiger partial charge in [-0.1, -0.05) is 12.0 Å². The lowest BCUT2D eigenvalue weighted by molar-refractivity contribution is 0.0225. The van der Waals surface area contributed by atoms with Crippen LogP contribution < -0.4 is 0 Å². The van der Waals surface area contributed by atoms with Gasteiger partial charge in [-0.25, -0.2) is 0 Å². The van der Waals surface area contributed by atoms with Crippen molar-refractivity contribution in [1.82, 2.24) is 0 Å². The molecule has 66 valence electrons. The molecule has 1 N–H and O–H groups in total. The zero-order valence-corrected chi connectivity index (χ0v) is 6.79. The van der Waals surface area contributed by atoms with E-state index in [1.54, 1.807) is 0 Å². The van der Waals surface area contributed by atoms with Crippen LogP contribution in [0, 0.1) is 12.8 Å². The van der Waals surface area contributed by atoms with Crippen LogP contribution >= 0.6 is 0 Å². The Labute approximate surface area is 71.0 Å². The van der Waals surface area contributed by atoms with E-state index in [1.807, 2.05) is 6.92 Å². The summed E-state index contributed by atoms with van der Waals surface area (Å²) in [6.07, 6.45) is -0.899. The first-order valence-electron chi connectivity index (χ1n) is 3.76. The van der Waals surface area contributed by atoms with Crippen molar-refractivity contribution in [2.24, 2.45) is 11.0 Å². The minimum Gasteiger partial charge on any atom is -0.394 e. The number of hydrogen-bond acceptors (Lipinski definition) is 3. The van der Waals surface area contributed by atoms with Crippen molar-refractivity contribution < 1.29 is 9.84 Å². The third kappa shape index (κ3) is 1.53. The Morgan fingerprint density at radius 2 is 2.42 bits per heavy atom. The topological polar surface area (TPSA) is 78.2 Å². The predicted octanol–water partition coefficient (Wildman–Crippen LogP) is 0.772. The molecule has 2 unspecified atom stereocenters. The monoisotopic (exact) mass is 169 g/mol. The zero-order chi connectivity index (χ0) is 9.14. The third-order valence-electron chi connectivity index (χ3n) is 2.13. The largest absolute Gasteiger partial charge is 0.394 e. The van der Waals surface area contributed by atoms with Gasteiger partial charge in [-0.3, -0.25) is 0 Å². The number of hydrogen-bond donors (Lipinski definition) is 1. The number of nitrogens with zero attached hydrogens (tertiary/aromatic N) is 3. The fourth-order valence-electron chi connectivity index (χ4n) is 1.33. The standard InChI is InChI=1S/C7H11N3O2/c1-4-5(2)12-6(3-11)7(4)9-10-8/h2,4-7,11H,3H2,1H3/t4?,5?,6-,7-/m1/s1. The summed E-state index contributed by atoms with van der Waals surface area (Å²) in [4.78, 5) is 2.68. The molecule has 0 aliphatic carbocycles. The van der Waals surface area contributed by atoms with Crippen LogP contribution in [0.15, 0.2) is 5.11 Å². The van der Waals surface area contributed by atoms with Crippen LogP contribution in [0.4, 0.5) is 0 Å². The molecule has 1 aliphatic heterocycles. The van der Waals surface area contributed by atoms with Gasteiger partial charge in [0.2, 0.25) is 0 Å². The molecule has 2 radical (unpaired) electrons. The molecule has 0 aromatic rings. The Morgan fingerprint density at radius 3 is 2.92 bits per heavy atom. The fraction of sp³-hybridized carbons (Fsp3) is 0.857. The van der Waals surface area contributed by atoms with Crippen LogP contribution in [-0.2, 0) is 4.74 Å². The van der Waals surface area contributed by atoms with E-state index in [-0.39, 0.29) is 18.6 Å². The summed E-state index contributed by atoms with van der Waals surface area (Å²) in [5.74, 6) is -0.0435. The van der Waals surface area contributed by atoms with Gasteiger partial charge in [0.05, 0.1) is 24.9 Å². The molecule has 0 aromatic heterocycles. The second kappa shape index (κ2) is 3.76. The van der Waals surface area contributed by atoms with E-state index in [4.69, 9.17) is 22.3 Å². The first-order chi connectivity index (χ1) is 5.70. The normalized spacial score (nSPS) is 40.9. The molecule has 4 atom stereocenters. The highest BCUT2D eigenvalue weighted by atomic mass is 16.5. The van der Waals surface area contributed by atoms with Crippen LogP contribution in [-0.4, -0.2) is 30.0 Å². The van der Waals surface area contributed by atoms with Crippen molar-refractivity contribution in [2.75, 3.05) is 6.61 Å². The number of aliphatic hydroxyl groups is 1. The molecule has 1 fully saturated rings. The van der Waals surface area contributed by atoms with Crippen LogP contribution in [0.1, 0.15) is 6.92 Å². The zero-order valence-electron chi connectivity index (χ0n) is 6.79. The van der Waals surface area contributed by atoms with Gasteiger partial charge in [0, 0.05) is 4.91 Å². The van der Waals surface area contributed by atoms with Crippen molar-refractivity contribution in [1.29, 1.82) is 0 Å². The predicted molar refractivity (Wildman–Crippen MR) is 42.1 cm³/mol. The van der Waals surface area contributed by atoms with Crippen molar-refractivity contribution >= 4 is 0 Å². The smallest absolute Gasteiger partial charge is 0.0897 e. The number of ether oxygens (including phenoxy) is 1. The van der Waals surface area contributed by atoms with Crippen LogP contribution in [0.2, 0.25) is 0 Å². The second-order valence-electron chi connectivity index (χ2n) is 2.88. The molecule has 0 aromatic carbocycles. The quantitative estimate of drug-likeness (QED) is 0.376. The van der Waals surface area contributed by atoms with Crippen molar-refractivity contribution in [3.05, 3.63) is 17.4 Å². The molecule has 0 bridgehead atoms. The molecule has 1 aliphatic rings. The van der Waals surface area contributed by atoms with Gasteiger partial charge in [0.1, 0.15) is 0 Å². The summed E-state index contributed by atoms with van der Waals surface area (Å²) in [7, 11) is 0. The molecule has 0 spiro atoms. The molecule has 1 saturated heterocycles. The molecule has 1 rings (SSSR count). The number of azide groups is 1. The molecular formula is C7H11N3O2. The summed E-state index contributed by atoms with van der Waals surface area (Å²) >= 11 is 0. The average molecular weight is 169 g/mol. The Balaban J connectivity index is 2.72. The number of rotatable bonds is 2. The van der Waals surface area contributed by atoms with Gasteiger partial charge in [0.15, 0.2) is 0 Å². The van der Waals surface area contributed by atoms with E-state index in [9.17, 15) is 0 Å². The molecule has 5 nitrogen and oxygen atoms in total. The Bertz CT molecular complexity index is 203. The lowest BCUT2D eigenvalue weighted by Crippen LogP contribution is -2.26. The summed E-state index contributed by atoms with van der Waals surface area (Å²) < 4.78 is 5.15. The van der Waals surface area contributed by atoms with Crippen LogP contribution in [0.25, 0.3) is 10.4 Å². The van der Waals surface area contributed by atoms with Crippen molar-refractivity contribution in [3.8, 4) is 0 Å². The first-order valence-corrected chi connectivity index (χ1v) is 3.76. The van der Waals surface area contributed by atoms with E-state index in [0.29, 0.717) is 0 Å². The van der Waals surface area contributed by atoms with Gasteiger partial charge < -0.3 is 9.84 Å². The van der Waals surface area contributed by atoms with Gasteiger partial charge >= 0.3 is 0 Å². The van der Waals surface area contributed by atoms with Crippen molar-refractivity contribution in [3.63, 3.8) is 0 Å². The summed E-state index contributed by atoms with van der Waals surface area (Å²) in [5, 5.41) is 12.4. The average Bonchev–Trinajstić information content (AvgIpc) is 2.33. The molecule has 1 heterocycles. The summed E-state index contributed by atoms with van der Waals surface area (Å²) in [5.41, 5.74) is 8.22. The van der Waals surface area contributed by atoms with E-state index in [2.05, 4.69) is 10.0 Å². The van der Waals surface area contributed by atoms with Crippen LogP contribution in [0.3, 0.4) is 0 Å². The molecular weight excluding hydrogens is 158 g/mol. The van der Waals surface area contributed by atoms with E-state index < -0.39 is 12.2 Å².